The number of halogens is 6. The summed E-state index contributed by atoms with van der Waals surface area (Å²) >= 11 is 5.63. The summed E-state index contributed by atoms with van der Waals surface area (Å²) < 4.78 is 61.2. The van der Waals surface area contributed by atoms with Crippen molar-refractivity contribution >= 4 is 29.7 Å². The van der Waals surface area contributed by atoms with E-state index in [1.165, 1.54) is 12.4 Å². The molecule has 1 aliphatic carbocycles. The Morgan fingerprint density at radius 3 is 2.30 bits per heavy atom. The molecule has 182 valence electrons. The second-order valence-corrected chi connectivity index (χ2v) is 7.27. The number of nitrogens with one attached hydrogen (secondary N) is 1. The highest BCUT2D eigenvalue weighted by molar-refractivity contribution is 6.30. The Bertz CT molecular complexity index is 913. The SMILES string of the molecule is CC.CN(CC(=O)Nc1ncc(Cl)cn1)C[C@@H]1C[C@@H]1F.O=Cc1ccc(C(F)(F)F)c(F)c1. The Labute approximate surface area is 193 Å². The topological polar surface area (TPSA) is 75.2 Å². The summed E-state index contributed by atoms with van der Waals surface area (Å²) in [5.41, 5.74) is -1.48. The lowest BCUT2D eigenvalue weighted by molar-refractivity contribution is -0.140. The van der Waals surface area contributed by atoms with Gasteiger partial charge >= 0.3 is 6.18 Å². The summed E-state index contributed by atoms with van der Waals surface area (Å²) in [7, 11) is 1.79. The van der Waals surface area contributed by atoms with Crippen molar-refractivity contribution in [3.8, 4) is 0 Å². The molecule has 1 aromatic carbocycles. The number of carbonyl (C=O) groups excluding carboxylic acids is 2. The van der Waals surface area contributed by atoms with Crippen LogP contribution in [0.5, 0.6) is 0 Å². The fraction of sp³-hybridized carbons (Fsp3) is 0.429. The number of rotatable bonds is 6. The van der Waals surface area contributed by atoms with E-state index in [9.17, 15) is 31.5 Å². The largest absolute Gasteiger partial charge is 0.419 e. The van der Waals surface area contributed by atoms with Crippen molar-refractivity contribution in [2.24, 2.45) is 5.92 Å². The zero-order valence-electron chi connectivity index (χ0n) is 18.2. The molecule has 1 heterocycles. The van der Waals surface area contributed by atoms with Gasteiger partial charge in [-0.05, 0) is 25.6 Å². The van der Waals surface area contributed by atoms with Gasteiger partial charge in [0.1, 0.15) is 18.3 Å². The monoisotopic (exact) mass is 494 g/mol. The van der Waals surface area contributed by atoms with Gasteiger partial charge in [-0.2, -0.15) is 13.2 Å². The highest BCUT2D eigenvalue weighted by atomic mass is 35.5. The maximum atomic E-state index is 12.7. The minimum absolute atomic E-state index is 0.0783. The maximum absolute atomic E-state index is 12.7. The Morgan fingerprint density at radius 1 is 1.27 bits per heavy atom. The van der Waals surface area contributed by atoms with Crippen LogP contribution in [0.3, 0.4) is 0 Å². The first kappa shape index (κ1) is 28.4. The number of aldehydes is 1. The van der Waals surface area contributed by atoms with Crippen molar-refractivity contribution < 1.29 is 31.5 Å². The van der Waals surface area contributed by atoms with Crippen molar-refractivity contribution in [2.45, 2.75) is 32.6 Å². The van der Waals surface area contributed by atoms with E-state index in [0.717, 1.165) is 6.07 Å². The van der Waals surface area contributed by atoms with E-state index in [1.807, 2.05) is 13.8 Å². The third-order valence-corrected chi connectivity index (χ3v) is 4.30. The number of alkyl halides is 4. The molecule has 2 aromatic rings. The maximum Gasteiger partial charge on any atom is 0.419 e. The molecule has 2 atom stereocenters. The van der Waals surface area contributed by atoms with Crippen molar-refractivity contribution in [2.75, 3.05) is 25.5 Å². The molecule has 33 heavy (non-hydrogen) atoms. The van der Waals surface area contributed by atoms with Gasteiger partial charge in [-0.25, -0.2) is 18.7 Å². The van der Waals surface area contributed by atoms with Crippen LogP contribution in [0.2, 0.25) is 5.02 Å². The van der Waals surface area contributed by atoms with E-state index in [0.29, 0.717) is 30.1 Å². The molecule has 0 aliphatic heterocycles. The van der Waals surface area contributed by atoms with Crippen LogP contribution >= 0.6 is 11.6 Å². The number of nitrogens with zero attached hydrogens (tertiary/aromatic N) is 3. The quantitative estimate of drug-likeness (QED) is 0.450. The van der Waals surface area contributed by atoms with Gasteiger partial charge in [-0.15, -0.1) is 0 Å². The van der Waals surface area contributed by atoms with Gasteiger partial charge in [0.2, 0.25) is 11.9 Å². The van der Waals surface area contributed by atoms with Crippen LogP contribution in [0.1, 0.15) is 36.2 Å². The number of likely N-dealkylation sites (N-methyl/N-ethyl adjacent to an activating group) is 1. The predicted octanol–water partition coefficient (Wildman–Crippen LogP) is 5.04. The van der Waals surface area contributed by atoms with E-state index in [-0.39, 0.29) is 36.2 Å². The van der Waals surface area contributed by atoms with Gasteiger partial charge in [0.05, 0.1) is 29.5 Å². The van der Waals surface area contributed by atoms with E-state index in [2.05, 4.69) is 15.3 Å². The van der Waals surface area contributed by atoms with Crippen molar-refractivity contribution in [1.29, 1.82) is 0 Å². The van der Waals surface area contributed by atoms with Gasteiger partial charge in [-0.1, -0.05) is 31.5 Å². The average molecular weight is 495 g/mol. The summed E-state index contributed by atoms with van der Waals surface area (Å²) in [6.45, 7) is 4.78. The molecule has 3 rings (SSSR count). The van der Waals surface area contributed by atoms with Crippen molar-refractivity contribution in [3.05, 3.63) is 52.6 Å². The number of carbonyl (C=O) groups is 2. The van der Waals surface area contributed by atoms with Crippen LogP contribution in [0.25, 0.3) is 0 Å². The highest BCUT2D eigenvalue weighted by Gasteiger charge is 2.38. The van der Waals surface area contributed by atoms with Crippen molar-refractivity contribution in [3.63, 3.8) is 0 Å². The number of aromatic nitrogens is 2. The third kappa shape index (κ3) is 10.2. The second kappa shape index (κ2) is 13.1. The smallest absolute Gasteiger partial charge is 0.298 e. The molecule has 6 nitrogen and oxygen atoms in total. The third-order valence-electron chi connectivity index (χ3n) is 4.10. The molecule has 1 fully saturated rings. The van der Waals surface area contributed by atoms with Gasteiger partial charge in [-0.3, -0.25) is 19.8 Å². The van der Waals surface area contributed by atoms with Gasteiger partial charge in [0.25, 0.3) is 0 Å². The number of amides is 1. The molecule has 1 saturated carbocycles. The normalized spacial score (nSPS) is 16.7. The zero-order chi connectivity index (χ0) is 25.2. The van der Waals surface area contributed by atoms with Crippen LogP contribution in [-0.2, 0) is 11.0 Å². The van der Waals surface area contributed by atoms with Crippen LogP contribution in [0.15, 0.2) is 30.6 Å². The summed E-state index contributed by atoms with van der Waals surface area (Å²) in [5, 5.41) is 2.96. The summed E-state index contributed by atoms with van der Waals surface area (Å²) in [5.74, 6) is -1.37. The molecule has 0 radical (unpaired) electrons. The first-order chi connectivity index (χ1) is 15.5. The molecule has 1 amide bonds. The molecular formula is C21H24ClF5N4O2. The second-order valence-electron chi connectivity index (χ2n) is 6.84. The van der Waals surface area contributed by atoms with E-state index in [1.54, 1.807) is 11.9 Å². The molecule has 1 aliphatic rings. The number of anilines is 1. The zero-order valence-corrected chi connectivity index (χ0v) is 18.9. The Morgan fingerprint density at radius 2 is 1.85 bits per heavy atom. The first-order valence-corrected chi connectivity index (χ1v) is 10.3. The first-order valence-electron chi connectivity index (χ1n) is 9.91. The van der Waals surface area contributed by atoms with Crippen LogP contribution in [-0.4, -0.2) is 53.4 Å². The minimum atomic E-state index is -4.72. The van der Waals surface area contributed by atoms with E-state index in [4.69, 9.17) is 11.6 Å². The summed E-state index contributed by atoms with van der Waals surface area (Å²) in [4.78, 5) is 31.2. The van der Waals surface area contributed by atoms with Crippen LogP contribution in [0.4, 0.5) is 27.9 Å². The fourth-order valence-electron chi connectivity index (χ4n) is 2.49. The Kier molecular flexibility index (Phi) is 11.3. The van der Waals surface area contributed by atoms with E-state index >= 15 is 0 Å². The predicted molar refractivity (Wildman–Crippen MR) is 114 cm³/mol. The number of benzene rings is 1. The molecular weight excluding hydrogens is 471 g/mol. The van der Waals surface area contributed by atoms with Crippen molar-refractivity contribution in [1.82, 2.24) is 14.9 Å². The fourth-order valence-corrected chi connectivity index (χ4v) is 2.58. The summed E-state index contributed by atoms with van der Waals surface area (Å²) in [6.07, 6.45) is -1.71. The molecule has 1 N–H and O–H groups in total. The van der Waals surface area contributed by atoms with E-state index < -0.39 is 23.7 Å². The lowest BCUT2D eigenvalue weighted by Gasteiger charge is -2.15. The van der Waals surface area contributed by atoms with Crippen LogP contribution < -0.4 is 5.32 Å². The lowest BCUT2D eigenvalue weighted by atomic mass is 10.1. The standard InChI is InChI=1S/C11H14ClFN4O.C8H4F4O.C2H6/c1-17(5-7-2-9(7)13)6-10(18)16-11-14-3-8(12)4-15-11;9-7-3-5(4-13)1-2-6(7)8(10,11)12;1-2/h3-4,7,9H,2,5-6H2,1H3,(H,14,15,16,18);1-4H;1-2H3/t7-,9-;;/m0../s1. The molecule has 0 spiro atoms. The Balaban J connectivity index is 0.000000322. The Hall–Kier alpha value is -2.66. The average Bonchev–Trinajstić information content (AvgIpc) is 3.44. The summed E-state index contributed by atoms with van der Waals surface area (Å²) in [6, 6.07) is 2.01. The van der Waals surface area contributed by atoms with Gasteiger partial charge < -0.3 is 0 Å². The molecule has 12 heteroatoms. The minimum Gasteiger partial charge on any atom is -0.298 e. The number of hydrogen-bond acceptors (Lipinski definition) is 5. The van der Waals surface area contributed by atoms with Crippen LogP contribution in [0, 0.1) is 11.7 Å². The molecule has 0 saturated heterocycles. The molecule has 1 aromatic heterocycles. The van der Waals surface area contributed by atoms with Gasteiger partial charge in [0, 0.05) is 18.0 Å². The van der Waals surface area contributed by atoms with Gasteiger partial charge in [0.15, 0.2) is 0 Å². The highest BCUT2D eigenvalue weighted by Crippen LogP contribution is 2.34. The number of hydrogen-bond donors (Lipinski definition) is 1. The molecule has 0 unspecified atom stereocenters. The molecule has 0 bridgehead atoms. The lowest BCUT2D eigenvalue weighted by Crippen LogP contribution is -2.32.